The largest absolute Gasteiger partial charge is 0.490 e. The van der Waals surface area contributed by atoms with Crippen LogP contribution in [-0.2, 0) is 24.5 Å². The molecule has 43 heavy (non-hydrogen) atoms. The second kappa shape index (κ2) is 17.0. The summed E-state index contributed by atoms with van der Waals surface area (Å²) in [7, 11) is 0. The van der Waals surface area contributed by atoms with Crippen molar-refractivity contribution in [2.24, 2.45) is 0 Å². The molecule has 2 unspecified atom stereocenters. The molecule has 0 spiro atoms. The van der Waals surface area contributed by atoms with Crippen molar-refractivity contribution in [1.82, 2.24) is 0 Å². The van der Waals surface area contributed by atoms with E-state index in [2.05, 4.69) is 13.8 Å². The number of rotatable bonds is 14. The normalized spacial score (nSPS) is 13.6. The average molecular weight is 583 g/mol. The van der Waals surface area contributed by atoms with Crippen molar-refractivity contribution in [3.8, 4) is 23.6 Å². The Morgan fingerprint density at radius 1 is 0.721 bits per heavy atom. The summed E-state index contributed by atoms with van der Waals surface area (Å²) in [5.74, 6) is -0.119. The summed E-state index contributed by atoms with van der Waals surface area (Å²) < 4.78 is 22.2. The van der Waals surface area contributed by atoms with Crippen molar-refractivity contribution >= 4 is 11.9 Å². The summed E-state index contributed by atoms with van der Waals surface area (Å²) in [6.45, 7) is 11.5. The van der Waals surface area contributed by atoms with Gasteiger partial charge in [0.25, 0.3) is 0 Å². The molecule has 2 rings (SSSR count). The third-order valence-electron chi connectivity index (χ3n) is 6.33. The van der Waals surface area contributed by atoms with E-state index in [9.17, 15) is 9.59 Å². The van der Waals surface area contributed by atoms with Gasteiger partial charge in [-0.25, -0.2) is 9.59 Å². The van der Waals surface area contributed by atoms with Gasteiger partial charge in [-0.05, 0) is 75.2 Å². The van der Waals surface area contributed by atoms with Gasteiger partial charge in [0, 0.05) is 5.41 Å². The zero-order valence-corrected chi connectivity index (χ0v) is 25.5. The Labute approximate surface area is 254 Å². The van der Waals surface area contributed by atoms with Gasteiger partial charge in [0.2, 0.25) is 0 Å². The van der Waals surface area contributed by atoms with Gasteiger partial charge in [-0.2, -0.15) is 10.5 Å². The first-order chi connectivity index (χ1) is 20.5. The minimum atomic E-state index is -0.689. The zero-order chi connectivity index (χ0) is 31.8. The molecule has 0 aliphatic rings. The predicted molar refractivity (Wildman–Crippen MR) is 164 cm³/mol. The van der Waals surface area contributed by atoms with E-state index in [1.54, 1.807) is 52.0 Å². The smallest absolute Gasteiger partial charge is 0.349 e. The van der Waals surface area contributed by atoms with Crippen LogP contribution in [-0.4, -0.2) is 37.4 Å². The van der Waals surface area contributed by atoms with Gasteiger partial charge in [-0.3, -0.25) is 0 Å². The Hall–Kier alpha value is -5.08. The first-order valence-electron chi connectivity index (χ1n) is 13.9. The molecule has 0 N–H and O–H groups in total. The fraction of sp³-hybridized carbons (Fsp3) is 0.314. The van der Waals surface area contributed by atoms with Gasteiger partial charge in [0.15, 0.2) is 0 Å². The number of allylic oxidation sites excluding steroid dienone is 6. The highest BCUT2D eigenvalue weighted by Gasteiger charge is 2.23. The maximum Gasteiger partial charge on any atom is 0.349 e. The van der Waals surface area contributed by atoms with Crippen molar-refractivity contribution in [3.05, 3.63) is 107 Å². The molecule has 0 heterocycles. The molecule has 8 heteroatoms. The Balaban J connectivity index is 1.93. The molecule has 0 saturated carbocycles. The van der Waals surface area contributed by atoms with Crippen LogP contribution < -0.4 is 9.47 Å². The summed E-state index contributed by atoms with van der Waals surface area (Å²) in [5.41, 5.74) is 1.68. The SMILES string of the molecule is C/C=C/C=C(\C#N)C(=O)OC(C)COc1ccc(C(C)(C)c2ccc(OCC(C)OC(=O)/C(C#N)=C/C=C/C)cc2)cc1. The highest BCUT2D eigenvalue weighted by Crippen LogP contribution is 2.33. The van der Waals surface area contributed by atoms with Gasteiger partial charge >= 0.3 is 11.9 Å². The number of carbonyl (C=O) groups is 2. The van der Waals surface area contributed by atoms with Crippen LogP contribution in [0.15, 0.2) is 96.1 Å². The second-order valence-corrected chi connectivity index (χ2v) is 10.2. The molecule has 0 amide bonds. The van der Waals surface area contributed by atoms with Crippen LogP contribution >= 0.6 is 0 Å². The topological polar surface area (TPSA) is 119 Å². The maximum absolute atomic E-state index is 12.1. The molecule has 8 nitrogen and oxygen atoms in total. The van der Waals surface area contributed by atoms with Crippen LogP contribution in [0, 0.1) is 22.7 Å². The summed E-state index contributed by atoms with van der Waals surface area (Å²) in [4.78, 5) is 24.3. The Morgan fingerprint density at radius 3 is 1.37 bits per heavy atom. The van der Waals surface area contributed by atoms with Crippen LogP contribution in [0.2, 0.25) is 0 Å². The number of nitriles is 2. The predicted octanol–water partition coefficient (Wildman–Crippen LogP) is 6.69. The summed E-state index contributed by atoms with van der Waals surface area (Å²) in [5, 5.41) is 18.3. The first-order valence-corrected chi connectivity index (χ1v) is 13.9. The minimum Gasteiger partial charge on any atom is -0.490 e. The number of ether oxygens (including phenoxy) is 4. The fourth-order valence-corrected chi connectivity index (χ4v) is 3.78. The quantitative estimate of drug-likeness (QED) is 0.105. The van der Waals surface area contributed by atoms with Gasteiger partial charge in [0.1, 0.15) is 60.2 Å². The van der Waals surface area contributed by atoms with Crippen molar-refractivity contribution in [2.75, 3.05) is 13.2 Å². The first kappa shape index (κ1) is 34.1. The molecule has 0 radical (unpaired) electrons. The molecule has 0 bridgehead atoms. The lowest BCUT2D eigenvalue weighted by Gasteiger charge is -2.26. The Bertz CT molecular complexity index is 1330. The number of hydrogen-bond acceptors (Lipinski definition) is 8. The van der Waals surface area contributed by atoms with Crippen LogP contribution in [0.3, 0.4) is 0 Å². The number of esters is 2. The molecule has 2 atom stereocenters. The van der Waals surface area contributed by atoms with Crippen LogP contribution in [0.1, 0.15) is 52.7 Å². The van der Waals surface area contributed by atoms with E-state index in [-0.39, 0.29) is 29.8 Å². The van der Waals surface area contributed by atoms with Crippen molar-refractivity contribution in [1.29, 1.82) is 10.5 Å². The maximum atomic E-state index is 12.1. The molecular formula is C35H38N2O6. The number of benzene rings is 2. The molecule has 2 aromatic rings. The van der Waals surface area contributed by atoms with E-state index in [0.717, 1.165) is 11.1 Å². The minimum absolute atomic E-state index is 0.0739. The third-order valence-corrected chi connectivity index (χ3v) is 6.33. The number of nitrogens with zero attached hydrogens (tertiary/aromatic N) is 2. The van der Waals surface area contributed by atoms with Crippen molar-refractivity contribution < 1.29 is 28.5 Å². The Morgan fingerprint density at radius 2 is 1.07 bits per heavy atom. The highest BCUT2D eigenvalue weighted by atomic mass is 16.6. The van der Waals surface area contributed by atoms with E-state index in [1.165, 1.54) is 12.2 Å². The van der Waals surface area contributed by atoms with Gasteiger partial charge in [-0.1, -0.05) is 62.4 Å². The molecule has 224 valence electrons. The number of carbonyl (C=O) groups excluding carboxylic acids is 2. The lowest BCUT2D eigenvalue weighted by atomic mass is 9.78. The average Bonchev–Trinajstić information content (AvgIpc) is 3.00. The summed E-state index contributed by atoms with van der Waals surface area (Å²) in [6, 6.07) is 19.1. The zero-order valence-electron chi connectivity index (χ0n) is 25.5. The van der Waals surface area contributed by atoms with Crippen LogP contribution in [0.5, 0.6) is 11.5 Å². The van der Waals surface area contributed by atoms with Gasteiger partial charge < -0.3 is 18.9 Å². The molecular weight excluding hydrogens is 544 g/mol. The van der Waals surface area contributed by atoms with Crippen molar-refractivity contribution in [3.63, 3.8) is 0 Å². The van der Waals surface area contributed by atoms with E-state index in [4.69, 9.17) is 29.5 Å². The standard InChI is InChI=1S/C35H38N2O6/c1-7-9-11-27(21-36)33(38)42-25(3)23-40-31-17-13-29(14-18-31)35(5,6)30-15-19-32(20-16-30)41-24-26(4)43-34(39)28(22-37)12-10-8-2/h7-20,25-26H,23-24H2,1-6H3/b9-7+,10-8+,27-11+,28-12+. The van der Waals surface area contributed by atoms with E-state index >= 15 is 0 Å². The molecule has 0 fully saturated rings. The second-order valence-electron chi connectivity index (χ2n) is 10.2. The molecule has 0 aliphatic heterocycles. The van der Waals surface area contributed by atoms with Gasteiger partial charge in [0.05, 0.1) is 0 Å². The monoisotopic (exact) mass is 582 g/mol. The lowest BCUT2D eigenvalue weighted by molar-refractivity contribution is -0.145. The van der Waals surface area contributed by atoms with E-state index < -0.39 is 24.1 Å². The van der Waals surface area contributed by atoms with E-state index in [0.29, 0.717) is 11.5 Å². The molecule has 0 aliphatic carbocycles. The summed E-state index contributed by atoms with van der Waals surface area (Å²) in [6.07, 6.45) is 8.38. The molecule has 2 aromatic carbocycles. The van der Waals surface area contributed by atoms with E-state index in [1.807, 2.05) is 60.7 Å². The van der Waals surface area contributed by atoms with Crippen LogP contribution in [0.4, 0.5) is 0 Å². The number of hydrogen-bond donors (Lipinski definition) is 0. The molecule has 0 saturated heterocycles. The molecule has 0 aromatic heterocycles. The summed E-state index contributed by atoms with van der Waals surface area (Å²) >= 11 is 0. The van der Waals surface area contributed by atoms with Crippen molar-refractivity contribution in [2.45, 2.75) is 59.2 Å². The highest BCUT2D eigenvalue weighted by molar-refractivity contribution is 5.93. The van der Waals surface area contributed by atoms with Gasteiger partial charge in [-0.15, -0.1) is 0 Å². The Kier molecular flexibility index (Phi) is 13.5. The fourth-order valence-electron chi connectivity index (χ4n) is 3.78. The van der Waals surface area contributed by atoms with Crippen LogP contribution in [0.25, 0.3) is 0 Å². The third kappa shape index (κ3) is 10.7. The lowest BCUT2D eigenvalue weighted by Crippen LogP contribution is -2.23.